The molecular weight excluding hydrogens is 421 g/mol. The van der Waals surface area contributed by atoms with E-state index in [1.807, 2.05) is 4.90 Å². The number of carbonyl (C=O) groups excluding carboxylic acids is 1. The van der Waals surface area contributed by atoms with Crippen LogP contribution in [0, 0.1) is 5.92 Å². The van der Waals surface area contributed by atoms with Crippen molar-refractivity contribution in [2.75, 3.05) is 18.0 Å². The molecule has 10 heteroatoms. The molecule has 1 aliphatic heterocycles. The van der Waals surface area contributed by atoms with Gasteiger partial charge in [0.1, 0.15) is 11.6 Å². The van der Waals surface area contributed by atoms with Gasteiger partial charge in [-0.25, -0.2) is 4.68 Å². The van der Waals surface area contributed by atoms with Gasteiger partial charge in [-0.05, 0) is 36.5 Å². The molecule has 2 heterocycles. The van der Waals surface area contributed by atoms with Gasteiger partial charge in [0.15, 0.2) is 0 Å². The fraction of sp³-hybridized carbons (Fsp3) is 0.450. The van der Waals surface area contributed by atoms with Crippen molar-refractivity contribution in [2.45, 2.75) is 39.0 Å². The molecule has 1 fully saturated rings. The van der Waals surface area contributed by atoms with Crippen LogP contribution in [0.15, 0.2) is 35.3 Å². The molecule has 2 aromatic rings. The first kappa shape index (κ1) is 22.1. The van der Waals surface area contributed by atoms with Crippen LogP contribution in [0.3, 0.4) is 0 Å². The molecule has 0 radical (unpaired) electrons. The first-order valence-electron chi connectivity index (χ1n) is 9.58. The number of benzene rings is 1. The number of hydrogen-bond acceptors (Lipinski definition) is 4. The zero-order valence-corrected chi connectivity index (χ0v) is 17.1. The summed E-state index contributed by atoms with van der Waals surface area (Å²) < 4.78 is 39.3. The predicted molar refractivity (Wildman–Crippen MR) is 107 cm³/mol. The Hall–Kier alpha value is -2.55. The van der Waals surface area contributed by atoms with E-state index in [9.17, 15) is 22.8 Å². The minimum atomic E-state index is -4.46. The maximum atomic E-state index is 12.8. The molecule has 1 aromatic carbocycles. The molecule has 0 unspecified atom stereocenters. The van der Waals surface area contributed by atoms with Gasteiger partial charge in [0.25, 0.3) is 5.56 Å². The van der Waals surface area contributed by atoms with E-state index < -0.39 is 23.2 Å². The lowest BCUT2D eigenvalue weighted by Crippen LogP contribution is -2.37. The summed E-state index contributed by atoms with van der Waals surface area (Å²) in [6, 6.07) is 4.68. The van der Waals surface area contributed by atoms with Crippen LogP contribution in [0.5, 0.6) is 0 Å². The first-order chi connectivity index (χ1) is 14.1. The lowest BCUT2D eigenvalue weighted by atomic mass is 9.99. The van der Waals surface area contributed by atoms with Crippen molar-refractivity contribution in [1.82, 2.24) is 15.1 Å². The summed E-state index contributed by atoms with van der Waals surface area (Å²) in [6.45, 7) is 3.25. The lowest BCUT2D eigenvalue weighted by molar-refractivity contribution is -0.137. The largest absolute Gasteiger partial charge is 0.416 e. The zero-order valence-electron chi connectivity index (χ0n) is 16.4. The summed E-state index contributed by atoms with van der Waals surface area (Å²) in [7, 11) is 0. The van der Waals surface area contributed by atoms with Crippen molar-refractivity contribution < 1.29 is 18.0 Å². The van der Waals surface area contributed by atoms with Crippen molar-refractivity contribution >= 4 is 23.2 Å². The second kappa shape index (κ2) is 9.07. The number of hydrogen-bond donors (Lipinski definition) is 1. The normalized spacial score (nSPS) is 15.3. The van der Waals surface area contributed by atoms with Crippen LogP contribution in [0.1, 0.15) is 30.9 Å². The molecule has 0 aliphatic carbocycles. The van der Waals surface area contributed by atoms with Gasteiger partial charge in [-0.1, -0.05) is 30.7 Å². The minimum absolute atomic E-state index is 0.00484. The van der Waals surface area contributed by atoms with E-state index >= 15 is 0 Å². The van der Waals surface area contributed by atoms with E-state index in [0.717, 1.165) is 42.7 Å². The second-order valence-corrected chi connectivity index (χ2v) is 7.83. The molecule has 1 aliphatic rings. The Morgan fingerprint density at radius 3 is 2.67 bits per heavy atom. The van der Waals surface area contributed by atoms with Gasteiger partial charge < -0.3 is 10.2 Å². The van der Waals surface area contributed by atoms with Crippen LogP contribution < -0.4 is 15.8 Å². The minimum Gasteiger partial charge on any atom is -0.369 e. The van der Waals surface area contributed by atoms with Crippen LogP contribution in [0.25, 0.3) is 0 Å². The van der Waals surface area contributed by atoms with Gasteiger partial charge in [-0.2, -0.15) is 18.3 Å². The Morgan fingerprint density at radius 2 is 2.00 bits per heavy atom. The fourth-order valence-corrected chi connectivity index (χ4v) is 3.56. The second-order valence-electron chi connectivity index (χ2n) is 7.45. The third kappa shape index (κ3) is 5.33. The summed E-state index contributed by atoms with van der Waals surface area (Å²) in [4.78, 5) is 26.7. The summed E-state index contributed by atoms with van der Waals surface area (Å²) in [6.07, 6.45) is -0.989. The highest BCUT2D eigenvalue weighted by Gasteiger charge is 2.30. The summed E-state index contributed by atoms with van der Waals surface area (Å²) in [5.74, 6) is 0.0616. The van der Waals surface area contributed by atoms with E-state index in [-0.39, 0.29) is 18.1 Å². The average molecular weight is 443 g/mol. The molecule has 1 aromatic heterocycles. The van der Waals surface area contributed by atoms with Crippen molar-refractivity contribution in [3.63, 3.8) is 0 Å². The van der Waals surface area contributed by atoms with E-state index in [1.165, 1.54) is 18.3 Å². The van der Waals surface area contributed by atoms with Crippen LogP contribution in [-0.4, -0.2) is 28.8 Å². The van der Waals surface area contributed by atoms with Gasteiger partial charge in [0.05, 0.1) is 17.4 Å². The number of nitrogens with one attached hydrogen (secondary N) is 1. The topological polar surface area (TPSA) is 67.2 Å². The highest BCUT2D eigenvalue weighted by Crippen LogP contribution is 2.29. The van der Waals surface area contributed by atoms with Crippen molar-refractivity contribution in [1.29, 1.82) is 0 Å². The number of nitrogens with zero attached hydrogens (tertiary/aromatic N) is 3. The Labute approximate surface area is 176 Å². The molecule has 1 saturated heterocycles. The number of anilines is 1. The molecule has 0 spiro atoms. The van der Waals surface area contributed by atoms with Gasteiger partial charge in [-0.15, -0.1) is 0 Å². The van der Waals surface area contributed by atoms with Crippen LogP contribution in [-0.2, 0) is 24.1 Å². The maximum absolute atomic E-state index is 12.8. The van der Waals surface area contributed by atoms with E-state index in [4.69, 9.17) is 11.6 Å². The van der Waals surface area contributed by atoms with Gasteiger partial charge in [-0.3, -0.25) is 9.59 Å². The van der Waals surface area contributed by atoms with Gasteiger partial charge >= 0.3 is 6.18 Å². The van der Waals surface area contributed by atoms with Crippen LogP contribution >= 0.6 is 11.6 Å². The summed E-state index contributed by atoms with van der Waals surface area (Å²) in [5.41, 5.74) is -0.524. The number of alkyl halides is 3. The van der Waals surface area contributed by atoms with Crippen molar-refractivity contribution in [2.24, 2.45) is 5.92 Å². The van der Waals surface area contributed by atoms with Crippen LogP contribution in [0.2, 0.25) is 5.02 Å². The molecule has 1 N–H and O–H groups in total. The van der Waals surface area contributed by atoms with Gasteiger partial charge in [0, 0.05) is 19.6 Å². The average Bonchev–Trinajstić information content (AvgIpc) is 2.70. The number of carbonyl (C=O) groups is 1. The third-order valence-corrected chi connectivity index (χ3v) is 5.48. The van der Waals surface area contributed by atoms with Crippen molar-refractivity contribution in [3.05, 3.63) is 57.0 Å². The number of aromatic nitrogens is 2. The van der Waals surface area contributed by atoms with E-state index in [0.29, 0.717) is 17.2 Å². The molecule has 30 heavy (non-hydrogen) atoms. The molecule has 162 valence electrons. The standard InChI is InChI=1S/C20H22ClF3N4O2/c1-13-5-7-27(8-6-13)16-11-26-28(19(30)18(16)21)12-17(29)25-10-14-3-2-4-15(9-14)20(22,23)24/h2-4,9,11,13H,5-8,10,12H2,1H3,(H,25,29). The van der Waals surface area contributed by atoms with Crippen LogP contribution in [0.4, 0.5) is 18.9 Å². The summed E-state index contributed by atoms with van der Waals surface area (Å²) in [5, 5.41) is 6.54. The van der Waals surface area contributed by atoms with Gasteiger partial charge in [0.2, 0.25) is 5.91 Å². The Morgan fingerprint density at radius 1 is 1.30 bits per heavy atom. The molecule has 6 nitrogen and oxygen atoms in total. The number of rotatable bonds is 5. The maximum Gasteiger partial charge on any atom is 0.416 e. The fourth-order valence-electron chi connectivity index (χ4n) is 3.29. The molecule has 0 atom stereocenters. The Balaban J connectivity index is 1.63. The quantitative estimate of drug-likeness (QED) is 0.770. The highest BCUT2D eigenvalue weighted by molar-refractivity contribution is 6.33. The lowest BCUT2D eigenvalue weighted by Gasteiger charge is -2.32. The molecule has 0 bridgehead atoms. The van der Waals surface area contributed by atoms with E-state index in [2.05, 4.69) is 17.3 Å². The van der Waals surface area contributed by atoms with E-state index in [1.54, 1.807) is 0 Å². The molecule has 1 amide bonds. The smallest absolute Gasteiger partial charge is 0.369 e. The Kier molecular flexibility index (Phi) is 6.70. The predicted octanol–water partition coefficient (Wildman–Crippen LogP) is 3.47. The number of halogens is 4. The van der Waals surface area contributed by atoms with Crippen molar-refractivity contribution in [3.8, 4) is 0 Å². The molecule has 3 rings (SSSR count). The number of piperidine rings is 1. The SMILES string of the molecule is CC1CCN(c2cnn(CC(=O)NCc3cccc(C(F)(F)F)c3)c(=O)c2Cl)CC1. The monoisotopic (exact) mass is 442 g/mol. The number of amides is 1. The zero-order chi connectivity index (χ0) is 21.9. The molecular formula is C20H22ClF3N4O2. The third-order valence-electron chi connectivity index (χ3n) is 5.13. The highest BCUT2D eigenvalue weighted by atomic mass is 35.5. The summed E-state index contributed by atoms with van der Waals surface area (Å²) >= 11 is 6.23. The first-order valence-corrected chi connectivity index (χ1v) is 9.96. The molecule has 0 saturated carbocycles. The Bertz CT molecular complexity index is 969.